The number of nitrogens with zero attached hydrogens (tertiary/aromatic N) is 4. The maximum Gasteiger partial charge on any atom is 0.254 e. The minimum atomic E-state index is 0.587. The van der Waals surface area contributed by atoms with Crippen molar-refractivity contribution in [3.05, 3.63) is 71.9 Å². The number of anilines is 2. The summed E-state index contributed by atoms with van der Waals surface area (Å²) in [4.78, 5) is 9.07. The molecule has 0 radical (unpaired) electrons. The summed E-state index contributed by atoms with van der Waals surface area (Å²) in [5, 5.41) is 8.01. The van der Waals surface area contributed by atoms with Crippen molar-refractivity contribution in [1.82, 2.24) is 19.6 Å². The van der Waals surface area contributed by atoms with E-state index in [4.69, 9.17) is 0 Å². The van der Waals surface area contributed by atoms with E-state index in [0.717, 1.165) is 22.8 Å². The molecule has 0 saturated heterocycles. The summed E-state index contributed by atoms with van der Waals surface area (Å²) in [5.41, 5.74) is 4.08. The Morgan fingerprint density at radius 2 is 1.62 bits per heavy atom. The van der Waals surface area contributed by atoms with Gasteiger partial charge in [0.1, 0.15) is 5.82 Å². The number of para-hydroxylation sites is 1. The quantitative estimate of drug-likeness (QED) is 0.617. The van der Waals surface area contributed by atoms with Gasteiger partial charge >= 0.3 is 0 Å². The molecule has 0 atom stereocenters. The van der Waals surface area contributed by atoms with Crippen LogP contribution in [0.4, 0.5) is 11.5 Å². The lowest BCUT2D eigenvalue weighted by Crippen LogP contribution is -2.02. The number of nitrogens with one attached hydrogen (secondary N) is 1. The van der Waals surface area contributed by atoms with Crippen LogP contribution in [0.2, 0.25) is 0 Å². The Morgan fingerprint density at radius 3 is 2.38 bits per heavy atom. The molecule has 4 aromatic rings. The normalized spacial score (nSPS) is 10.9. The topological polar surface area (TPSA) is 55.1 Å². The van der Waals surface area contributed by atoms with Crippen molar-refractivity contribution in [1.29, 1.82) is 0 Å². The van der Waals surface area contributed by atoms with E-state index in [9.17, 15) is 0 Å². The monoisotopic (exact) mass is 315 g/mol. The average molecular weight is 315 g/mol. The fraction of sp³-hybridized carbons (Fsp3) is 0.105. The van der Waals surface area contributed by atoms with Crippen LogP contribution in [0.15, 0.2) is 60.7 Å². The molecule has 24 heavy (non-hydrogen) atoms. The molecule has 0 unspecified atom stereocenters. The summed E-state index contributed by atoms with van der Waals surface area (Å²) in [6, 6.07) is 20.1. The number of aryl methyl sites for hydroxylation is 2. The fourth-order valence-electron chi connectivity index (χ4n) is 2.57. The van der Waals surface area contributed by atoms with Crippen LogP contribution < -0.4 is 5.32 Å². The molecule has 1 N–H and O–H groups in total. The van der Waals surface area contributed by atoms with Gasteiger partial charge < -0.3 is 5.32 Å². The summed E-state index contributed by atoms with van der Waals surface area (Å²) >= 11 is 0. The van der Waals surface area contributed by atoms with Gasteiger partial charge in [-0.25, -0.2) is 4.98 Å². The first-order valence-electron chi connectivity index (χ1n) is 7.82. The molecule has 0 aliphatic heterocycles. The van der Waals surface area contributed by atoms with Gasteiger partial charge in [-0.3, -0.25) is 0 Å². The third-order valence-electron chi connectivity index (χ3n) is 3.80. The Bertz CT molecular complexity index is 988. The molecular formula is C19H17N5. The summed E-state index contributed by atoms with van der Waals surface area (Å²) in [5.74, 6) is 2.10. The molecule has 2 aromatic carbocycles. The van der Waals surface area contributed by atoms with Gasteiger partial charge in [-0.05, 0) is 26.0 Å². The van der Waals surface area contributed by atoms with Crippen LogP contribution in [0.5, 0.6) is 0 Å². The largest absolute Gasteiger partial charge is 0.340 e. The van der Waals surface area contributed by atoms with Crippen LogP contribution in [0, 0.1) is 13.8 Å². The first kappa shape index (κ1) is 14.4. The number of rotatable bonds is 3. The Labute approximate surface area is 140 Å². The lowest BCUT2D eigenvalue weighted by molar-refractivity contribution is 0.940. The molecule has 0 amide bonds. The van der Waals surface area contributed by atoms with Gasteiger partial charge in [-0.1, -0.05) is 48.0 Å². The highest BCUT2D eigenvalue weighted by atomic mass is 15.4. The summed E-state index contributed by atoms with van der Waals surface area (Å²) in [6.07, 6.45) is 0. The molecule has 2 heterocycles. The highest BCUT2D eigenvalue weighted by Crippen LogP contribution is 2.21. The predicted octanol–water partition coefficient (Wildman–Crippen LogP) is 4.15. The van der Waals surface area contributed by atoms with Crippen molar-refractivity contribution in [3.8, 4) is 11.4 Å². The van der Waals surface area contributed by atoms with E-state index in [1.165, 1.54) is 5.56 Å². The van der Waals surface area contributed by atoms with Gasteiger partial charge in [0.2, 0.25) is 0 Å². The zero-order valence-corrected chi connectivity index (χ0v) is 13.6. The smallest absolute Gasteiger partial charge is 0.254 e. The van der Waals surface area contributed by atoms with E-state index in [0.29, 0.717) is 11.6 Å². The third-order valence-corrected chi connectivity index (χ3v) is 3.80. The van der Waals surface area contributed by atoms with Crippen molar-refractivity contribution >= 4 is 17.3 Å². The minimum Gasteiger partial charge on any atom is -0.340 e. The molecule has 5 nitrogen and oxygen atoms in total. The molecule has 0 aliphatic rings. The Balaban J connectivity index is 1.81. The van der Waals surface area contributed by atoms with E-state index in [-0.39, 0.29) is 0 Å². The predicted molar refractivity (Wildman–Crippen MR) is 95.4 cm³/mol. The molecule has 0 saturated carbocycles. The van der Waals surface area contributed by atoms with E-state index in [1.807, 2.05) is 55.5 Å². The molecule has 0 bridgehead atoms. The number of benzene rings is 2. The van der Waals surface area contributed by atoms with E-state index in [1.54, 1.807) is 4.52 Å². The zero-order chi connectivity index (χ0) is 16.5. The molecule has 4 rings (SSSR count). The standard InChI is InChI=1S/C19H17N5/c1-13-8-10-15(11-9-13)18-22-19-20-14(2)12-17(24(19)23-18)21-16-6-4-3-5-7-16/h3-12,21H,1-2H3. The summed E-state index contributed by atoms with van der Waals surface area (Å²) in [6.45, 7) is 4.02. The summed E-state index contributed by atoms with van der Waals surface area (Å²) in [7, 11) is 0. The van der Waals surface area contributed by atoms with Crippen molar-refractivity contribution in [2.45, 2.75) is 13.8 Å². The zero-order valence-electron chi connectivity index (χ0n) is 13.6. The first-order valence-corrected chi connectivity index (χ1v) is 7.82. The average Bonchev–Trinajstić information content (AvgIpc) is 3.00. The van der Waals surface area contributed by atoms with Crippen LogP contribution in [-0.2, 0) is 0 Å². The van der Waals surface area contributed by atoms with Gasteiger partial charge in [0, 0.05) is 23.0 Å². The van der Waals surface area contributed by atoms with E-state index < -0.39 is 0 Å². The SMILES string of the molecule is Cc1ccc(-c2nc3nc(C)cc(Nc4ccccc4)n3n2)cc1. The van der Waals surface area contributed by atoms with Gasteiger partial charge in [-0.15, -0.1) is 5.10 Å². The molecule has 5 heteroatoms. The van der Waals surface area contributed by atoms with Gasteiger partial charge in [0.25, 0.3) is 5.78 Å². The minimum absolute atomic E-state index is 0.587. The number of aromatic nitrogens is 4. The Morgan fingerprint density at radius 1 is 0.875 bits per heavy atom. The first-order chi connectivity index (χ1) is 11.7. The van der Waals surface area contributed by atoms with Crippen LogP contribution in [-0.4, -0.2) is 19.6 Å². The van der Waals surface area contributed by atoms with Crippen LogP contribution in [0.3, 0.4) is 0 Å². The van der Waals surface area contributed by atoms with Crippen molar-refractivity contribution in [2.24, 2.45) is 0 Å². The van der Waals surface area contributed by atoms with Crippen molar-refractivity contribution < 1.29 is 0 Å². The molecule has 2 aromatic heterocycles. The highest BCUT2D eigenvalue weighted by molar-refractivity contribution is 5.62. The van der Waals surface area contributed by atoms with E-state index in [2.05, 4.69) is 39.4 Å². The number of hydrogen-bond donors (Lipinski definition) is 1. The number of fused-ring (bicyclic) bond motifs is 1. The molecule has 0 spiro atoms. The van der Waals surface area contributed by atoms with Gasteiger partial charge in [0.15, 0.2) is 5.82 Å². The molecule has 0 aliphatic carbocycles. The van der Waals surface area contributed by atoms with Crippen molar-refractivity contribution in [3.63, 3.8) is 0 Å². The van der Waals surface area contributed by atoms with Crippen LogP contribution in [0.1, 0.15) is 11.3 Å². The van der Waals surface area contributed by atoms with Gasteiger partial charge in [-0.2, -0.15) is 9.50 Å². The maximum absolute atomic E-state index is 4.63. The number of hydrogen-bond acceptors (Lipinski definition) is 4. The van der Waals surface area contributed by atoms with E-state index >= 15 is 0 Å². The highest BCUT2D eigenvalue weighted by Gasteiger charge is 2.11. The Hall–Kier alpha value is -3.21. The van der Waals surface area contributed by atoms with Crippen molar-refractivity contribution in [2.75, 3.05) is 5.32 Å². The Kier molecular flexibility index (Phi) is 3.46. The maximum atomic E-state index is 4.63. The molecule has 0 fully saturated rings. The lowest BCUT2D eigenvalue weighted by atomic mass is 10.1. The summed E-state index contributed by atoms with van der Waals surface area (Å²) < 4.78 is 1.75. The third kappa shape index (κ3) is 2.72. The fourth-order valence-corrected chi connectivity index (χ4v) is 2.57. The van der Waals surface area contributed by atoms with Crippen LogP contribution >= 0.6 is 0 Å². The second kappa shape index (κ2) is 5.77. The second-order valence-electron chi connectivity index (χ2n) is 5.79. The second-order valence-corrected chi connectivity index (χ2v) is 5.79. The molecular weight excluding hydrogens is 298 g/mol. The van der Waals surface area contributed by atoms with Crippen LogP contribution in [0.25, 0.3) is 17.2 Å². The lowest BCUT2D eigenvalue weighted by Gasteiger charge is -2.08. The molecule has 118 valence electrons. The van der Waals surface area contributed by atoms with Gasteiger partial charge in [0.05, 0.1) is 0 Å².